The van der Waals surface area contributed by atoms with Crippen LogP contribution in [0.1, 0.15) is 26.7 Å². The van der Waals surface area contributed by atoms with E-state index in [-0.39, 0.29) is 0 Å². The first-order valence-corrected chi connectivity index (χ1v) is 5.41. The highest BCUT2D eigenvalue weighted by atomic mass is 15.0. The smallest absolute Gasteiger partial charge is 0.105 e. The van der Waals surface area contributed by atoms with E-state index < -0.39 is 0 Å². The third-order valence-electron chi connectivity index (χ3n) is 2.33. The zero-order chi connectivity index (χ0) is 11.3. The molecule has 2 nitrogen and oxygen atoms in total. The van der Waals surface area contributed by atoms with Crippen molar-refractivity contribution in [3.05, 3.63) is 36.1 Å². The molecule has 82 valence electrons. The Hall–Kier alpha value is -1.31. The molecule has 0 aliphatic heterocycles. The lowest BCUT2D eigenvalue weighted by atomic mass is 10.2. The molecular formula is C13H20N2. The molecule has 1 N–H and O–H groups in total. The Kier molecular flexibility index (Phi) is 4.35. The van der Waals surface area contributed by atoms with Gasteiger partial charge in [0.25, 0.3) is 0 Å². The molecule has 0 amide bonds. The Morgan fingerprint density at radius 3 is 2.53 bits per heavy atom. The molecule has 1 aliphatic rings. The molecule has 0 aromatic heterocycles. The zero-order valence-electron chi connectivity index (χ0n) is 9.88. The fourth-order valence-electron chi connectivity index (χ4n) is 1.49. The quantitative estimate of drug-likeness (QED) is 0.425. The van der Waals surface area contributed by atoms with Gasteiger partial charge in [-0.1, -0.05) is 18.7 Å². The summed E-state index contributed by atoms with van der Waals surface area (Å²) in [6, 6.07) is 0. The molecule has 0 aromatic carbocycles. The van der Waals surface area contributed by atoms with Gasteiger partial charge in [0, 0.05) is 18.7 Å². The number of nitrogens with one attached hydrogen (secondary N) is 1. The van der Waals surface area contributed by atoms with Gasteiger partial charge in [0.15, 0.2) is 0 Å². The number of amidine groups is 1. The largest absolute Gasteiger partial charge is 0.376 e. The van der Waals surface area contributed by atoms with Gasteiger partial charge in [0.05, 0.1) is 0 Å². The third-order valence-corrected chi connectivity index (χ3v) is 2.33. The zero-order valence-corrected chi connectivity index (χ0v) is 9.88. The summed E-state index contributed by atoms with van der Waals surface area (Å²) in [7, 11) is 1.94. The minimum Gasteiger partial charge on any atom is -0.376 e. The summed E-state index contributed by atoms with van der Waals surface area (Å²) in [5, 5.41) is 3.17. The molecule has 1 saturated carbocycles. The summed E-state index contributed by atoms with van der Waals surface area (Å²) in [4.78, 5) is 4.57. The second-order valence-electron chi connectivity index (χ2n) is 3.95. The monoisotopic (exact) mass is 204 g/mol. The summed E-state index contributed by atoms with van der Waals surface area (Å²) < 4.78 is 0. The van der Waals surface area contributed by atoms with Crippen molar-refractivity contribution in [2.75, 3.05) is 7.05 Å². The lowest BCUT2D eigenvalue weighted by Gasteiger charge is -2.03. The van der Waals surface area contributed by atoms with Crippen LogP contribution in [0.25, 0.3) is 0 Å². The highest BCUT2D eigenvalue weighted by Crippen LogP contribution is 2.30. The van der Waals surface area contributed by atoms with Gasteiger partial charge in [-0.2, -0.15) is 0 Å². The number of hydrogen-bond donors (Lipinski definition) is 1. The average Bonchev–Trinajstić information content (AvgIpc) is 2.97. The van der Waals surface area contributed by atoms with Crippen LogP contribution in [-0.4, -0.2) is 12.9 Å². The maximum Gasteiger partial charge on any atom is 0.105 e. The summed E-state index contributed by atoms with van der Waals surface area (Å²) in [5.41, 5.74) is 2.22. The van der Waals surface area contributed by atoms with E-state index in [2.05, 4.69) is 29.9 Å². The van der Waals surface area contributed by atoms with Crippen molar-refractivity contribution in [3.8, 4) is 0 Å². The summed E-state index contributed by atoms with van der Waals surface area (Å²) in [5.74, 6) is 1.79. The van der Waals surface area contributed by atoms with E-state index in [9.17, 15) is 0 Å². The second kappa shape index (κ2) is 5.54. The topological polar surface area (TPSA) is 24.4 Å². The Bertz CT molecular complexity index is 317. The van der Waals surface area contributed by atoms with Gasteiger partial charge in [-0.3, -0.25) is 0 Å². The van der Waals surface area contributed by atoms with Crippen molar-refractivity contribution in [2.45, 2.75) is 26.7 Å². The van der Waals surface area contributed by atoms with E-state index in [1.807, 2.05) is 20.0 Å². The van der Waals surface area contributed by atoms with Gasteiger partial charge in [0.2, 0.25) is 0 Å². The van der Waals surface area contributed by atoms with Gasteiger partial charge in [-0.25, -0.2) is 4.99 Å². The van der Waals surface area contributed by atoms with Crippen LogP contribution in [-0.2, 0) is 0 Å². The number of nitrogens with zero attached hydrogens (tertiary/aromatic N) is 1. The Morgan fingerprint density at radius 1 is 1.40 bits per heavy atom. The van der Waals surface area contributed by atoms with Crippen molar-refractivity contribution in [1.29, 1.82) is 0 Å². The van der Waals surface area contributed by atoms with Crippen molar-refractivity contribution in [3.63, 3.8) is 0 Å². The first kappa shape index (κ1) is 11.8. The SMILES string of the molecule is C=C\C=C(C)/C=C(C)/N=C(\NC)C1CC1. The molecule has 0 atom stereocenters. The predicted octanol–water partition coefficient (Wildman–Crippen LogP) is 3.05. The first-order valence-electron chi connectivity index (χ1n) is 5.41. The van der Waals surface area contributed by atoms with Gasteiger partial charge < -0.3 is 5.32 Å². The van der Waals surface area contributed by atoms with Crippen LogP contribution in [0, 0.1) is 5.92 Å². The number of allylic oxidation sites excluding steroid dienone is 5. The third kappa shape index (κ3) is 4.15. The van der Waals surface area contributed by atoms with Gasteiger partial charge in [-0.05, 0) is 38.3 Å². The Labute approximate surface area is 92.5 Å². The van der Waals surface area contributed by atoms with Gasteiger partial charge in [-0.15, -0.1) is 0 Å². The molecule has 0 spiro atoms. The van der Waals surface area contributed by atoms with Crippen LogP contribution in [0.2, 0.25) is 0 Å². The highest BCUT2D eigenvalue weighted by Gasteiger charge is 2.26. The normalized spacial score (nSPS) is 19.0. The molecule has 2 heteroatoms. The molecule has 0 radical (unpaired) electrons. The standard InChI is InChI=1S/C13H20N2/c1-5-6-10(2)9-11(3)15-13(14-4)12-7-8-12/h5-6,9,12H,1,7-8H2,2-4H3,(H,14,15)/b10-6-,11-9+. The average molecular weight is 204 g/mol. The summed E-state index contributed by atoms with van der Waals surface area (Å²) in [6.45, 7) is 7.75. The van der Waals surface area contributed by atoms with E-state index in [0.29, 0.717) is 5.92 Å². The van der Waals surface area contributed by atoms with Crippen LogP contribution in [0.5, 0.6) is 0 Å². The van der Waals surface area contributed by atoms with Crippen LogP contribution in [0.15, 0.2) is 41.1 Å². The van der Waals surface area contributed by atoms with E-state index in [0.717, 1.165) is 11.5 Å². The lowest BCUT2D eigenvalue weighted by molar-refractivity contribution is 1.02. The summed E-state index contributed by atoms with van der Waals surface area (Å²) in [6.07, 6.45) is 8.39. The Morgan fingerprint density at radius 2 is 2.07 bits per heavy atom. The van der Waals surface area contributed by atoms with Crippen molar-refractivity contribution in [2.24, 2.45) is 10.9 Å². The van der Waals surface area contributed by atoms with E-state index in [1.165, 1.54) is 18.4 Å². The molecular weight excluding hydrogens is 184 g/mol. The van der Waals surface area contributed by atoms with Gasteiger partial charge >= 0.3 is 0 Å². The Balaban J connectivity index is 2.70. The van der Waals surface area contributed by atoms with E-state index in [4.69, 9.17) is 0 Å². The molecule has 1 fully saturated rings. The van der Waals surface area contributed by atoms with E-state index in [1.54, 1.807) is 6.08 Å². The highest BCUT2D eigenvalue weighted by molar-refractivity contribution is 5.87. The fraction of sp³-hybridized carbons (Fsp3) is 0.462. The molecule has 0 aromatic rings. The fourth-order valence-corrected chi connectivity index (χ4v) is 1.49. The van der Waals surface area contributed by atoms with Crippen LogP contribution in [0.4, 0.5) is 0 Å². The molecule has 0 saturated heterocycles. The van der Waals surface area contributed by atoms with Crippen LogP contribution in [0.3, 0.4) is 0 Å². The minimum absolute atomic E-state index is 0.669. The van der Waals surface area contributed by atoms with Crippen molar-refractivity contribution in [1.82, 2.24) is 5.32 Å². The number of rotatable bonds is 4. The van der Waals surface area contributed by atoms with Crippen molar-refractivity contribution < 1.29 is 0 Å². The predicted molar refractivity (Wildman–Crippen MR) is 66.9 cm³/mol. The van der Waals surface area contributed by atoms with Crippen molar-refractivity contribution >= 4 is 5.84 Å². The number of aliphatic imine (C=N–C) groups is 1. The maximum absolute atomic E-state index is 4.57. The maximum atomic E-state index is 4.57. The number of hydrogen-bond acceptors (Lipinski definition) is 1. The molecule has 0 unspecified atom stereocenters. The second-order valence-corrected chi connectivity index (χ2v) is 3.95. The molecule has 1 rings (SSSR count). The molecule has 1 aliphatic carbocycles. The first-order chi connectivity index (χ1) is 7.17. The molecule has 0 heterocycles. The lowest BCUT2D eigenvalue weighted by Crippen LogP contribution is -2.20. The van der Waals surface area contributed by atoms with Crippen LogP contribution >= 0.6 is 0 Å². The van der Waals surface area contributed by atoms with Crippen LogP contribution < -0.4 is 5.32 Å². The molecule has 0 bridgehead atoms. The minimum atomic E-state index is 0.669. The summed E-state index contributed by atoms with van der Waals surface area (Å²) >= 11 is 0. The van der Waals surface area contributed by atoms with E-state index >= 15 is 0 Å². The molecule has 15 heavy (non-hydrogen) atoms. The van der Waals surface area contributed by atoms with Gasteiger partial charge in [0.1, 0.15) is 5.84 Å².